The van der Waals surface area contributed by atoms with Gasteiger partial charge >= 0.3 is 0 Å². The Morgan fingerprint density at radius 1 is 1.09 bits per heavy atom. The maximum atomic E-state index is 12.1. The molecule has 22 heavy (non-hydrogen) atoms. The predicted molar refractivity (Wildman–Crippen MR) is 79.2 cm³/mol. The van der Waals surface area contributed by atoms with Crippen LogP contribution in [0.1, 0.15) is 36.6 Å². The first kappa shape index (κ1) is 14.0. The number of benzene rings is 2. The topological polar surface area (TPSA) is 72.5 Å². The quantitative estimate of drug-likeness (QED) is 0.693. The Morgan fingerprint density at radius 3 is 2.64 bits per heavy atom. The van der Waals surface area contributed by atoms with Crippen molar-refractivity contribution in [3.63, 3.8) is 0 Å². The fraction of sp³-hybridized carbons (Fsp3) is 0.118. The van der Waals surface area contributed by atoms with Crippen LogP contribution in [-0.2, 0) is 0 Å². The van der Waals surface area contributed by atoms with Gasteiger partial charge in [0, 0.05) is 5.56 Å². The molecule has 0 spiro atoms. The molecule has 3 rings (SSSR count). The number of Topliss-reactive ketones (excluding diaryl/α,β-unsaturated/α-hetero) is 1. The van der Waals surface area contributed by atoms with Gasteiger partial charge in [-0.3, -0.25) is 19.7 Å². The lowest BCUT2D eigenvalue weighted by atomic mass is 10.1. The minimum atomic E-state index is -0.501. The van der Waals surface area contributed by atoms with E-state index >= 15 is 0 Å². The van der Waals surface area contributed by atoms with E-state index in [2.05, 4.69) is 5.32 Å². The summed E-state index contributed by atoms with van der Waals surface area (Å²) in [6.07, 6.45) is 0. The first-order chi connectivity index (χ1) is 10.6. The van der Waals surface area contributed by atoms with Gasteiger partial charge in [0.15, 0.2) is 12.4 Å². The molecule has 0 saturated carbocycles. The fourth-order valence-electron chi connectivity index (χ4n) is 2.35. The van der Waals surface area contributed by atoms with Crippen LogP contribution in [0.2, 0.25) is 0 Å². The third kappa shape index (κ3) is 2.48. The number of ketones is 1. The van der Waals surface area contributed by atoms with E-state index in [9.17, 15) is 14.4 Å². The van der Waals surface area contributed by atoms with Gasteiger partial charge in [0.2, 0.25) is 0 Å². The number of aryl methyl sites for hydroxylation is 1. The van der Waals surface area contributed by atoms with Crippen LogP contribution in [0.3, 0.4) is 0 Å². The van der Waals surface area contributed by atoms with Crippen molar-refractivity contribution in [2.75, 3.05) is 6.61 Å². The monoisotopic (exact) mass is 295 g/mol. The Labute approximate surface area is 126 Å². The average Bonchev–Trinajstić information content (AvgIpc) is 2.80. The predicted octanol–water partition coefficient (Wildman–Crippen LogP) is 2.14. The zero-order valence-corrected chi connectivity index (χ0v) is 11.9. The molecule has 2 amide bonds. The van der Waals surface area contributed by atoms with Gasteiger partial charge in [0.25, 0.3) is 11.8 Å². The Morgan fingerprint density at radius 2 is 1.86 bits per heavy atom. The summed E-state index contributed by atoms with van der Waals surface area (Å²) in [5.41, 5.74) is 1.99. The normalized spacial score (nSPS) is 12.8. The third-order valence-electron chi connectivity index (χ3n) is 3.42. The van der Waals surface area contributed by atoms with Crippen LogP contribution >= 0.6 is 0 Å². The molecule has 0 radical (unpaired) electrons. The molecule has 2 aromatic carbocycles. The molecule has 1 aliphatic heterocycles. The van der Waals surface area contributed by atoms with Gasteiger partial charge in [-0.1, -0.05) is 29.8 Å². The van der Waals surface area contributed by atoms with E-state index in [1.165, 1.54) is 0 Å². The number of ether oxygens (including phenoxy) is 1. The van der Waals surface area contributed by atoms with Crippen LogP contribution in [0, 0.1) is 6.92 Å². The van der Waals surface area contributed by atoms with Crippen LogP contribution in [0.25, 0.3) is 0 Å². The number of imide groups is 1. The Balaban J connectivity index is 1.80. The van der Waals surface area contributed by atoms with Gasteiger partial charge in [-0.2, -0.15) is 0 Å². The van der Waals surface area contributed by atoms with Crippen LogP contribution in [0.5, 0.6) is 5.75 Å². The molecule has 110 valence electrons. The minimum absolute atomic E-state index is 0.185. The molecule has 2 aromatic rings. The highest BCUT2D eigenvalue weighted by atomic mass is 16.5. The highest BCUT2D eigenvalue weighted by molar-refractivity contribution is 6.22. The van der Waals surface area contributed by atoms with Crippen molar-refractivity contribution in [1.82, 2.24) is 5.32 Å². The molecule has 0 aliphatic carbocycles. The van der Waals surface area contributed by atoms with Crippen LogP contribution in [0.4, 0.5) is 0 Å². The number of nitrogens with one attached hydrogen (secondary N) is 1. The smallest absolute Gasteiger partial charge is 0.262 e. The molecule has 5 nitrogen and oxygen atoms in total. The number of rotatable bonds is 4. The van der Waals surface area contributed by atoms with Crippen molar-refractivity contribution in [3.05, 3.63) is 64.7 Å². The lowest BCUT2D eigenvalue weighted by molar-refractivity contribution is 0.0869. The van der Waals surface area contributed by atoms with Crippen LogP contribution < -0.4 is 10.1 Å². The first-order valence-corrected chi connectivity index (χ1v) is 6.77. The van der Waals surface area contributed by atoms with Crippen molar-refractivity contribution in [2.24, 2.45) is 0 Å². The molecule has 5 heteroatoms. The van der Waals surface area contributed by atoms with Gasteiger partial charge in [0.1, 0.15) is 5.75 Å². The second kappa shape index (κ2) is 5.44. The average molecular weight is 295 g/mol. The van der Waals surface area contributed by atoms with Crippen LogP contribution in [0.15, 0.2) is 42.5 Å². The highest BCUT2D eigenvalue weighted by Gasteiger charge is 2.30. The SMILES string of the molecule is Cc1cccc(C(=O)COc2cccc3c2C(=O)NC3=O)c1. The second-order valence-corrected chi connectivity index (χ2v) is 5.04. The molecule has 0 saturated heterocycles. The van der Waals surface area contributed by atoms with Gasteiger partial charge in [-0.05, 0) is 25.1 Å². The zero-order valence-electron chi connectivity index (χ0n) is 11.9. The molecule has 0 atom stereocenters. The number of carbonyl (C=O) groups is 3. The van der Waals surface area contributed by atoms with E-state index in [1.54, 1.807) is 36.4 Å². The summed E-state index contributed by atoms with van der Waals surface area (Å²) in [7, 11) is 0. The van der Waals surface area contributed by atoms with E-state index < -0.39 is 11.8 Å². The molecule has 0 unspecified atom stereocenters. The number of carbonyl (C=O) groups excluding carboxylic acids is 3. The van der Waals surface area contributed by atoms with Gasteiger partial charge in [-0.25, -0.2) is 0 Å². The van der Waals surface area contributed by atoms with Gasteiger partial charge in [0.05, 0.1) is 11.1 Å². The molecule has 1 aliphatic rings. The lowest BCUT2D eigenvalue weighted by Gasteiger charge is -2.08. The Bertz CT molecular complexity index is 795. The first-order valence-electron chi connectivity index (χ1n) is 6.77. The molecular weight excluding hydrogens is 282 g/mol. The molecule has 1 N–H and O–H groups in total. The second-order valence-electron chi connectivity index (χ2n) is 5.04. The largest absolute Gasteiger partial charge is 0.485 e. The zero-order chi connectivity index (χ0) is 15.7. The van der Waals surface area contributed by atoms with Crippen molar-refractivity contribution in [1.29, 1.82) is 0 Å². The van der Waals surface area contributed by atoms with E-state index in [0.717, 1.165) is 5.56 Å². The Hall–Kier alpha value is -2.95. The van der Waals surface area contributed by atoms with Crippen molar-refractivity contribution in [2.45, 2.75) is 6.92 Å². The van der Waals surface area contributed by atoms with E-state index in [4.69, 9.17) is 4.74 Å². The summed E-state index contributed by atoms with van der Waals surface area (Å²) < 4.78 is 5.46. The molecule has 0 aromatic heterocycles. The standard InChI is InChI=1S/C17H13NO4/c1-10-4-2-5-11(8-10)13(19)9-22-14-7-3-6-12-15(14)17(21)18-16(12)20/h2-8H,9H2,1H3,(H,18,20,21). The number of amides is 2. The maximum absolute atomic E-state index is 12.1. The Kier molecular flexibility index (Phi) is 3.47. The van der Waals surface area contributed by atoms with Gasteiger partial charge < -0.3 is 4.74 Å². The molecule has 0 bridgehead atoms. The maximum Gasteiger partial charge on any atom is 0.262 e. The lowest BCUT2D eigenvalue weighted by Crippen LogP contribution is -2.20. The van der Waals surface area contributed by atoms with E-state index in [0.29, 0.717) is 5.56 Å². The van der Waals surface area contributed by atoms with Gasteiger partial charge in [-0.15, -0.1) is 0 Å². The number of hydrogen-bond donors (Lipinski definition) is 1. The highest BCUT2D eigenvalue weighted by Crippen LogP contribution is 2.26. The summed E-state index contributed by atoms with van der Waals surface area (Å²) in [6.45, 7) is 1.71. The minimum Gasteiger partial charge on any atom is -0.485 e. The fourth-order valence-corrected chi connectivity index (χ4v) is 2.35. The number of hydrogen-bond acceptors (Lipinski definition) is 4. The summed E-state index contributed by atoms with van der Waals surface area (Å²) in [5.74, 6) is -0.901. The number of fused-ring (bicyclic) bond motifs is 1. The summed E-state index contributed by atoms with van der Waals surface area (Å²) in [6, 6.07) is 11.9. The van der Waals surface area contributed by atoms with Crippen molar-refractivity contribution in [3.8, 4) is 5.75 Å². The molecule has 0 fully saturated rings. The summed E-state index contributed by atoms with van der Waals surface area (Å²) in [5, 5.41) is 2.21. The molecule has 1 heterocycles. The van der Waals surface area contributed by atoms with Crippen molar-refractivity contribution < 1.29 is 19.1 Å². The summed E-state index contributed by atoms with van der Waals surface area (Å²) in [4.78, 5) is 35.5. The van der Waals surface area contributed by atoms with Crippen LogP contribution in [-0.4, -0.2) is 24.2 Å². The third-order valence-corrected chi connectivity index (χ3v) is 3.42. The van der Waals surface area contributed by atoms with E-state index in [1.807, 2.05) is 13.0 Å². The summed E-state index contributed by atoms with van der Waals surface area (Å²) >= 11 is 0. The van der Waals surface area contributed by atoms with Crippen molar-refractivity contribution >= 4 is 17.6 Å². The van der Waals surface area contributed by atoms with E-state index in [-0.39, 0.29) is 29.3 Å². The molecular formula is C17H13NO4.